The molecule has 0 aliphatic rings. The summed E-state index contributed by atoms with van der Waals surface area (Å²) in [5.74, 6) is -1.83. The first-order valence-corrected chi connectivity index (χ1v) is 6.87. The van der Waals surface area contributed by atoms with E-state index < -0.39 is 17.6 Å². The number of aromatic amines is 2. The maximum atomic E-state index is 13.6. The van der Waals surface area contributed by atoms with Crippen LogP contribution in [0, 0.1) is 10.6 Å². The van der Waals surface area contributed by atoms with Crippen molar-refractivity contribution in [2.45, 2.75) is 0 Å². The van der Waals surface area contributed by atoms with Crippen LogP contribution in [0.25, 0.3) is 11.0 Å². The molecule has 2 heterocycles. The minimum atomic E-state index is -0.683. The highest BCUT2D eigenvalue weighted by Crippen LogP contribution is 2.17. The molecule has 0 bridgehead atoms. The van der Waals surface area contributed by atoms with Gasteiger partial charge in [0.25, 0.3) is 11.8 Å². The van der Waals surface area contributed by atoms with Crippen LogP contribution in [0.1, 0.15) is 20.7 Å². The third kappa shape index (κ3) is 3.09. The van der Waals surface area contributed by atoms with Gasteiger partial charge in [-0.1, -0.05) is 0 Å². The van der Waals surface area contributed by atoms with E-state index in [1.54, 1.807) is 6.07 Å². The first-order valence-electron chi connectivity index (χ1n) is 6.47. The highest BCUT2D eigenvalue weighted by molar-refractivity contribution is 7.71. The Morgan fingerprint density at radius 3 is 2.70 bits per heavy atom. The molecule has 2 amide bonds. The van der Waals surface area contributed by atoms with E-state index in [-0.39, 0.29) is 15.9 Å². The molecule has 0 radical (unpaired) electrons. The van der Waals surface area contributed by atoms with Gasteiger partial charge in [0.1, 0.15) is 5.82 Å². The van der Waals surface area contributed by atoms with Crippen molar-refractivity contribution in [2.24, 2.45) is 0 Å². The van der Waals surface area contributed by atoms with Crippen LogP contribution < -0.4 is 10.9 Å². The second-order valence-corrected chi connectivity index (χ2v) is 5.01. The molecule has 3 aromatic rings. The molecular formula is C14H10FN5O2S. The normalized spacial score (nSPS) is 10.5. The number of carbonyl (C=O) groups excluding carboxylic acids is 2. The Kier molecular flexibility index (Phi) is 3.85. The summed E-state index contributed by atoms with van der Waals surface area (Å²) >= 11 is 4.93. The van der Waals surface area contributed by atoms with Crippen LogP contribution in [0.15, 0.2) is 36.7 Å². The number of aromatic nitrogens is 3. The SMILES string of the molecule is O=C(NNC(=O)c1cc(F)cc2[nH]c(=S)[nH]c12)c1cccnc1. The Labute approximate surface area is 133 Å². The maximum absolute atomic E-state index is 13.6. The molecule has 3 rings (SSSR count). The Balaban J connectivity index is 1.81. The molecule has 0 saturated carbocycles. The maximum Gasteiger partial charge on any atom is 0.271 e. The van der Waals surface area contributed by atoms with Crippen LogP contribution in [0.4, 0.5) is 4.39 Å². The van der Waals surface area contributed by atoms with E-state index in [0.717, 1.165) is 6.07 Å². The monoisotopic (exact) mass is 331 g/mol. The number of amides is 2. The summed E-state index contributed by atoms with van der Waals surface area (Å²) in [6.07, 6.45) is 2.87. The second-order valence-electron chi connectivity index (χ2n) is 4.60. The number of fused-ring (bicyclic) bond motifs is 1. The first-order chi connectivity index (χ1) is 11.0. The molecule has 2 aromatic heterocycles. The fourth-order valence-electron chi connectivity index (χ4n) is 2.04. The van der Waals surface area contributed by atoms with Gasteiger partial charge in [-0.15, -0.1) is 0 Å². The third-order valence-electron chi connectivity index (χ3n) is 3.05. The highest BCUT2D eigenvalue weighted by atomic mass is 32.1. The molecule has 0 aliphatic carbocycles. The number of halogens is 1. The van der Waals surface area contributed by atoms with Crippen molar-refractivity contribution in [3.8, 4) is 0 Å². The zero-order chi connectivity index (χ0) is 16.4. The Hall–Kier alpha value is -3.07. The van der Waals surface area contributed by atoms with Gasteiger partial charge in [-0.3, -0.25) is 25.4 Å². The average molecular weight is 331 g/mol. The number of hydrogen-bond donors (Lipinski definition) is 4. The van der Waals surface area contributed by atoms with E-state index in [4.69, 9.17) is 12.2 Å². The molecule has 1 aromatic carbocycles. The lowest BCUT2D eigenvalue weighted by Gasteiger charge is -2.08. The molecule has 0 atom stereocenters. The number of hydrazine groups is 1. The third-order valence-corrected chi connectivity index (χ3v) is 3.25. The van der Waals surface area contributed by atoms with Crippen LogP contribution in [0.5, 0.6) is 0 Å². The summed E-state index contributed by atoms with van der Waals surface area (Å²) in [6.45, 7) is 0. The van der Waals surface area contributed by atoms with Gasteiger partial charge in [0.05, 0.1) is 22.2 Å². The lowest BCUT2D eigenvalue weighted by atomic mass is 10.1. The zero-order valence-electron chi connectivity index (χ0n) is 11.5. The molecular weight excluding hydrogens is 321 g/mol. The van der Waals surface area contributed by atoms with E-state index in [2.05, 4.69) is 25.8 Å². The molecule has 116 valence electrons. The summed E-state index contributed by atoms with van der Waals surface area (Å²) in [5, 5.41) is 0. The van der Waals surface area contributed by atoms with E-state index in [1.165, 1.54) is 24.5 Å². The molecule has 23 heavy (non-hydrogen) atoms. The molecule has 7 nitrogen and oxygen atoms in total. The lowest BCUT2D eigenvalue weighted by Crippen LogP contribution is -2.41. The van der Waals surface area contributed by atoms with Crippen molar-refractivity contribution in [2.75, 3.05) is 0 Å². The van der Waals surface area contributed by atoms with Crippen LogP contribution in [0.3, 0.4) is 0 Å². The largest absolute Gasteiger partial charge is 0.331 e. The van der Waals surface area contributed by atoms with E-state index in [9.17, 15) is 14.0 Å². The summed E-state index contributed by atoms with van der Waals surface area (Å²) in [4.78, 5) is 33.3. The molecule has 0 fully saturated rings. The number of hydrogen-bond acceptors (Lipinski definition) is 4. The van der Waals surface area contributed by atoms with Gasteiger partial charge >= 0.3 is 0 Å². The van der Waals surface area contributed by atoms with Gasteiger partial charge in [-0.05, 0) is 36.5 Å². The molecule has 0 unspecified atom stereocenters. The fraction of sp³-hybridized carbons (Fsp3) is 0. The van der Waals surface area contributed by atoms with E-state index in [1.807, 2.05) is 0 Å². The number of nitrogens with one attached hydrogen (secondary N) is 4. The van der Waals surface area contributed by atoms with Gasteiger partial charge < -0.3 is 9.97 Å². The number of imidazole rings is 1. The van der Waals surface area contributed by atoms with E-state index >= 15 is 0 Å². The highest BCUT2D eigenvalue weighted by Gasteiger charge is 2.15. The van der Waals surface area contributed by atoms with Gasteiger partial charge in [0, 0.05) is 12.4 Å². The van der Waals surface area contributed by atoms with Crippen LogP contribution in [-0.2, 0) is 0 Å². The van der Waals surface area contributed by atoms with Crippen molar-refractivity contribution < 1.29 is 14.0 Å². The second kappa shape index (κ2) is 5.97. The van der Waals surface area contributed by atoms with Crippen molar-refractivity contribution in [3.05, 3.63) is 58.4 Å². The summed E-state index contributed by atoms with van der Waals surface area (Å²) in [7, 11) is 0. The molecule has 0 aliphatic heterocycles. The molecule has 0 spiro atoms. The topological polar surface area (TPSA) is 103 Å². The number of nitrogens with zero attached hydrogens (tertiary/aromatic N) is 1. The van der Waals surface area contributed by atoms with Gasteiger partial charge in [-0.2, -0.15) is 0 Å². The van der Waals surface area contributed by atoms with Crippen molar-refractivity contribution in [3.63, 3.8) is 0 Å². The van der Waals surface area contributed by atoms with Gasteiger partial charge in [0.15, 0.2) is 4.77 Å². The van der Waals surface area contributed by atoms with Crippen molar-refractivity contribution >= 4 is 35.1 Å². The predicted molar refractivity (Wildman–Crippen MR) is 82.6 cm³/mol. The average Bonchev–Trinajstić information content (AvgIpc) is 2.92. The molecule has 4 N–H and O–H groups in total. The number of carbonyl (C=O) groups is 2. The Morgan fingerprint density at radius 2 is 1.96 bits per heavy atom. The summed E-state index contributed by atoms with van der Waals surface area (Å²) in [6, 6.07) is 5.39. The summed E-state index contributed by atoms with van der Waals surface area (Å²) in [5.41, 5.74) is 5.46. The van der Waals surface area contributed by atoms with Gasteiger partial charge in [0.2, 0.25) is 0 Å². The number of H-pyrrole nitrogens is 2. The fourth-order valence-corrected chi connectivity index (χ4v) is 2.25. The van der Waals surface area contributed by atoms with Crippen LogP contribution in [0.2, 0.25) is 0 Å². The Bertz CT molecular complexity index is 951. The minimum Gasteiger partial charge on any atom is -0.331 e. The minimum absolute atomic E-state index is 0.0128. The molecule has 0 saturated heterocycles. The predicted octanol–water partition coefficient (Wildman–Crippen LogP) is 1.83. The molecule has 9 heteroatoms. The van der Waals surface area contributed by atoms with E-state index in [0.29, 0.717) is 11.0 Å². The smallest absolute Gasteiger partial charge is 0.271 e. The van der Waals surface area contributed by atoms with Gasteiger partial charge in [-0.25, -0.2) is 4.39 Å². The van der Waals surface area contributed by atoms with Crippen LogP contribution in [-0.4, -0.2) is 26.8 Å². The Morgan fingerprint density at radius 1 is 1.17 bits per heavy atom. The number of rotatable bonds is 2. The zero-order valence-corrected chi connectivity index (χ0v) is 12.3. The van der Waals surface area contributed by atoms with Crippen molar-refractivity contribution in [1.82, 2.24) is 25.8 Å². The summed E-state index contributed by atoms with van der Waals surface area (Å²) < 4.78 is 13.9. The number of benzene rings is 1. The number of pyridine rings is 1. The first kappa shape index (κ1) is 14.9. The standard InChI is InChI=1S/C14H10FN5O2S/c15-8-4-9(11-10(5-8)17-14(23)18-11)13(22)20-19-12(21)7-2-1-3-16-6-7/h1-6H,(H,19,21)(H,20,22)(H2,17,18,23). The lowest BCUT2D eigenvalue weighted by molar-refractivity contribution is 0.0847. The van der Waals surface area contributed by atoms with Crippen LogP contribution >= 0.6 is 12.2 Å². The van der Waals surface area contributed by atoms with Crippen molar-refractivity contribution in [1.29, 1.82) is 0 Å². The quantitative estimate of drug-likeness (QED) is 0.425.